The van der Waals surface area contributed by atoms with E-state index in [2.05, 4.69) is 5.32 Å². The molecule has 1 aliphatic heterocycles. The van der Waals surface area contributed by atoms with Crippen LogP contribution >= 0.6 is 11.8 Å². The summed E-state index contributed by atoms with van der Waals surface area (Å²) < 4.78 is 14.2. The third-order valence-corrected chi connectivity index (χ3v) is 5.77. The lowest BCUT2D eigenvalue weighted by Gasteiger charge is -2.15. The van der Waals surface area contributed by atoms with E-state index in [1.165, 1.54) is 28.8 Å². The van der Waals surface area contributed by atoms with Gasteiger partial charge in [0.1, 0.15) is 16.4 Å². The number of carbonyl (C=O) groups excluding carboxylic acids is 2. The summed E-state index contributed by atoms with van der Waals surface area (Å²) >= 11 is 1.20. The summed E-state index contributed by atoms with van der Waals surface area (Å²) in [6.07, 6.45) is 0. The molecule has 0 bridgehead atoms. The Morgan fingerprint density at radius 1 is 0.867 bits per heavy atom. The summed E-state index contributed by atoms with van der Waals surface area (Å²) in [4.78, 5) is 28.6. The fraction of sp³-hybridized carbons (Fsp3) is 0.0833. The Bertz CT molecular complexity index is 1130. The summed E-state index contributed by atoms with van der Waals surface area (Å²) in [5.41, 5.74) is 2.17. The van der Waals surface area contributed by atoms with Crippen molar-refractivity contribution in [2.75, 3.05) is 5.32 Å². The van der Waals surface area contributed by atoms with E-state index >= 15 is 0 Å². The lowest BCUT2D eigenvalue weighted by Crippen LogP contribution is -2.32. The first kappa shape index (κ1) is 19.9. The molecule has 1 heterocycles. The van der Waals surface area contributed by atoms with Crippen molar-refractivity contribution in [3.63, 3.8) is 0 Å². The molecule has 3 aromatic carbocycles. The molecule has 0 unspecified atom stereocenters. The minimum atomic E-state index is -0.494. The number of imide groups is 1. The highest BCUT2D eigenvalue weighted by molar-refractivity contribution is 8.04. The van der Waals surface area contributed by atoms with Crippen molar-refractivity contribution in [1.82, 2.24) is 4.90 Å². The maximum absolute atomic E-state index is 14.2. The minimum Gasteiger partial charge on any atom is -0.348 e. The van der Waals surface area contributed by atoms with E-state index in [9.17, 15) is 14.0 Å². The summed E-state index contributed by atoms with van der Waals surface area (Å²) in [6, 6.07) is 23.0. The van der Waals surface area contributed by atoms with Crippen LogP contribution in [0.3, 0.4) is 0 Å². The van der Waals surface area contributed by atoms with Gasteiger partial charge in [0.15, 0.2) is 0 Å². The predicted molar refractivity (Wildman–Crippen MR) is 116 cm³/mol. The number of nitrogens with zero attached hydrogens (tertiary/aromatic N) is 1. The molecule has 0 saturated heterocycles. The standard InChI is InChI=1S/C24H19FN2O2S/c1-16-11-13-18(14-12-16)30-22-21(26-20-10-6-5-9-19(20)25)23(28)27(24(22)29)15-17-7-3-2-4-8-17/h2-14,26H,15H2,1H3. The zero-order valence-electron chi connectivity index (χ0n) is 16.3. The Morgan fingerprint density at radius 3 is 2.23 bits per heavy atom. The van der Waals surface area contributed by atoms with Crippen LogP contribution in [0.25, 0.3) is 0 Å². The van der Waals surface area contributed by atoms with Gasteiger partial charge in [0.05, 0.1) is 12.2 Å². The van der Waals surface area contributed by atoms with Crippen LogP contribution in [-0.4, -0.2) is 16.7 Å². The Morgan fingerprint density at radius 2 is 1.53 bits per heavy atom. The number of benzene rings is 3. The molecule has 0 saturated carbocycles. The van der Waals surface area contributed by atoms with Crippen molar-refractivity contribution < 1.29 is 14.0 Å². The average Bonchev–Trinajstić information content (AvgIpc) is 2.96. The van der Waals surface area contributed by atoms with Crippen molar-refractivity contribution >= 4 is 29.3 Å². The SMILES string of the molecule is Cc1ccc(SC2=C(Nc3ccccc3F)C(=O)N(Cc3ccccc3)C2=O)cc1. The highest BCUT2D eigenvalue weighted by atomic mass is 32.2. The quantitative estimate of drug-likeness (QED) is 0.565. The summed E-state index contributed by atoms with van der Waals surface area (Å²) in [7, 11) is 0. The summed E-state index contributed by atoms with van der Waals surface area (Å²) in [5, 5.41) is 2.86. The molecule has 0 radical (unpaired) electrons. The monoisotopic (exact) mass is 418 g/mol. The Balaban J connectivity index is 1.69. The third kappa shape index (κ3) is 4.14. The zero-order valence-corrected chi connectivity index (χ0v) is 17.1. The molecule has 2 amide bonds. The topological polar surface area (TPSA) is 49.4 Å². The van der Waals surface area contributed by atoms with Gasteiger partial charge in [-0.3, -0.25) is 14.5 Å². The second-order valence-electron chi connectivity index (χ2n) is 6.91. The van der Waals surface area contributed by atoms with Crippen LogP contribution in [0.15, 0.2) is 94.4 Å². The second-order valence-corrected chi connectivity index (χ2v) is 7.99. The molecule has 3 aromatic rings. The summed E-state index contributed by atoms with van der Waals surface area (Å²) in [6.45, 7) is 2.13. The van der Waals surface area contributed by atoms with Crippen LogP contribution in [0.1, 0.15) is 11.1 Å². The molecule has 4 rings (SSSR count). The molecular weight excluding hydrogens is 399 g/mol. The van der Waals surface area contributed by atoms with Gasteiger partial charge >= 0.3 is 0 Å². The Kier molecular flexibility index (Phi) is 5.68. The number of amides is 2. The lowest BCUT2D eigenvalue weighted by atomic mass is 10.2. The molecule has 1 aliphatic rings. The molecule has 0 fully saturated rings. The fourth-order valence-electron chi connectivity index (χ4n) is 3.09. The highest BCUT2D eigenvalue weighted by Gasteiger charge is 2.39. The van der Waals surface area contributed by atoms with Gasteiger partial charge in [-0.05, 0) is 36.8 Å². The van der Waals surface area contributed by atoms with E-state index < -0.39 is 17.6 Å². The molecule has 30 heavy (non-hydrogen) atoms. The van der Waals surface area contributed by atoms with Gasteiger partial charge in [-0.1, -0.05) is 71.9 Å². The van der Waals surface area contributed by atoms with Gasteiger partial charge in [0.2, 0.25) is 0 Å². The molecule has 0 spiro atoms. The van der Waals surface area contributed by atoms with Gasteiger partial charge in [-0.25, -0.2) is 4.39 Å². The number of thioether (sulfide) groups is 1. The van der Waals surface area contributed by atoms with E-state index in [1.807, 2.05) is 61.5 Å². The minimum absolute atomic E-state index is 0.0895. The van der Waals surface area contributed by atoms with E-state index in [0.717, 1.165) is 16.0 Å². The third-order valence-electron chi connectivity index (χ3n) is 4.68. The van der Waals surface area contributed by atoms with Gasteiger partial charge in [0.25, 0.3) is 11.8 Å². The first-order valence-corrected chi connectivity index (χ1v) is 10.2. The van der Waals surface area contributed by atoms with E-state index in [1.54, 1.807) is 12.1 Å². The molecule has 4 nitrogen and oxygen atoms in total. The van der Waals surface area contributed by atoms with Crippen molar-refractivity contribution in [2.24, 2.45) is 0 Å². The average molecular weight is 418 g/mol. The number of para-hydroxylation sites is 1. The first-order valence-electron chi connectivity index (χ1n) is 9.43. The molecular formula is C24H19FN2O2S. The van der Waals surface area contributed by atoms with Crippen molar-refractivity contribution in [2.45, 2.75) is 18.4 Å². The maximum atomic E-state index is 14.2. The Hall–Kier alpha value is -3.38. The van der Waals surface area contributed by atoms with Crippen LogP contribution in [0.4, 0.5) is 10.1 Å². The molecule has 1 N–H and O–H groups in total. The number of rotatable bonds is 6. The van der Waals surface area contributed by atoms with Crippen molar-refractivity contribution in [3.05, 3.63) is 106 Å². The number of nitrogens with one attached hydrogen (secondary N) is 1. The second kappa shape index (κ2) is 8.55. The van der Waals surface area contributed by atoms with Crippen LogP contribution in [0.5, 0.6) is 0 Å². The van der Waals surface area contributed by atoms with Crippen LogP contribution in [0.2, 0.25) is 0 Å². The highest BCUT2D eigenvalue weighted by Crippen LogP contribution is 2.36. The zero-order chi connectivity index (χ0) is 21.1. The van der Waals surface area contributed by atoms with Gasteiger partial charge in [-0.15, -0.1) is 0 Å². The summed E-state index contributed by atoms with van der Waals surface area (Å²) in [5.74, 6) is -1.36. The smallest absolute Gasteiger partial charge is 0.278 e. The van der Waals surface area contributed by atoms with Crippen molar-refractivity contribution in [1.29, 1.82) is 0 Å². The van der Waals surface area contributed by atoms with Crippen LogP contribution < -0.4 is 5.32 Å². The largest absolute Gasteiger partial charge is 0.348 e. The van der Waals surface area contributed by atoms with E-state index in [-0.39, 0.29) is 22.8 Å². The number of hydrogen-bond acceptors (Lipinski definition) is 4. The molecule has 0 atom stereocenters. The normalized spacial score (nSPS) is 13.9. The molecule has 0 aliphatic carbocycles. The number of aryl methyl sites for hydroxylation is 1. The van der Waals surface area contributed by atoms with Gasteiger partial charge in [0, 0.05) is 4.90 Å². The molecule has 6 heteroatoms. The van der Waals surface area contributed by atoms with Crippen molar-refractivity contribution in [3.8, 4) is 0 Å². The number of carbonyl (C=O) groups is 2. The number of halogens is 1. The fourth-order valence-corrected chi connectivity index (χ4v) is 4.04. The van der Waals surface area contributed by atoms with E-state index in [4.69, 9.17) is 0 Å². The first-order chi connectivity index (χ1) is 14.5. The molecule has 0 aromatic heterocycles. The lowest BCUT2D eigenvalue weighted by molar-refractivity contribution is -0.137. The number of hydrogen-bond donors (Lipinski definition) is 1. The maximum Gasteiger partial charge on any atom is 0.278 e. The van der Waals surface area contributed by atoms with Gasteiger partial charge < -0.3 is 5.32 Å². The van der Waals surface area contributed by atoms with E-state index in [0.29, 0.717) is 0 Å². The van der Waals surface area contributed by atoms with Crippen LogP contribution in [-0.2, 0) is 16.1 Å². The van der Waals surface area contributed by atoms with Crippen LogP contribution in [0, 0.1) is 12.7 Å². The van der Waals surface area contributed by atoms with Gasteiger partial charge in [-0.2, -0.15) is 0 Å². The molecule has 150 valence electrons. The predicted octanol–water partition coefficient (Wildman–Crippen LogP) is 5.12. The Labute approximate surface area is 178 Å². The number of anilines is 1.